The molecule has 22 heavy (non-hydrogen) atoms. The maximum absolute atomic E-state index is 13.6. The van der Waals surface area contributed by atoms with Crippen LogP contribution in [0.2, 0.25) is 0 Å². The average molecular weight is 298 g/mol. The quantitative estimate of drug-likeness (QED) is 0.692. The number of hydrogen-bond donors (Lipinski definition) is 1. The van der Waals surface area contributed by atoms with Gasteiger partial charge in [0.25, 0.3) is 5.91 Å². The molecule has 0 fully saturated rings. The Labute approximate surface area is 126 Å². The number of anilines is 1. The number of hydrogen-bond acceptors (Lipinski definition) is 2. The summed E-state index contributed by atoms with van der Waals surface area (Å²) in [5, 5.41) is 11.6. The lowest BCUT2D eigenvalue weighted by Gasteiger charge is -2.05. The minimum atomic E-state index is -0.837. The molecule has 110 valence electrons. The van der Waals surface area contributed by atoms with Crippen LogP contribution >= 0.6 is 0 Å². The number of carbonyl (C=O) groups excluding carboxylic acids is 1. The van der Waals surface area contributed by atoms with E-state index < -0.39 is 23.1 Å². The molecule has 0 aliphatic rings. The molecule has 0 spiro atoms. The van der Waals surface area contributed by atoms with Gasteiger partial charge in [-0.25, -0.2) is 8.78 Å². The molecule has 0 aromatic heterocycles. The van der Waals surface area contributed by atoms with Crippen molar-refractivity contribution in [3.63, 3.8) is 0 Å². The highest BCUT2D eigenvalue weighted by Crippen LogP contribution is 2.17. The number of carbonyl (C=O) groups is 1. The van der Waals surface area contributed by atoms with E-state index in [0.717, 1.165) is 23.8 Å². The van der Waals surface area contributed by atoms with Crippen molar-refractivity contribution in [1.82, 2.24) is 0 Å². The van der Waals surface area contributed by atoms with Crippen molar-refractivity contribution in [3.05, 3.63) is 70.8 Å². The fourth-order valence-corrected chi connectivity index (χ4v) is 1.86. The number of nitriles is 1. The number of benzene rings is 2. The van der Waals surface area contributed by atoms with Crippen molar-refractivity contribution >= 4 is 17.7 Å². The first-order valence-corrected chi connectivity index (χ1v) is 6.45. The summed E-state index contributed by atoms with van der Waals surface area (Å²) in [4.78, 5) is 12.0. The number of aryl methyl sites for hydroxylation is 1. The third kappa shape index (κ3) is 3.55. The molecule has 0 saturated heterocycles. The van der Waals surface area contributed by atoms with E-state index in [4.69, 9.17) is 5.26 Å². The molecule has 0 aliphatic carbocycles. The maximum Gasteiger partial charge on any atom is 0.266 e. The first-order valence-electron chi connectivity index (χ1n) is 6.45. The van der Waals surface area contributed by atoms with Gasteiger partial charge in [0.2, 0.25) is 0 Å². The van der Waals surface area contributed by atoms with Gasteiger partial charge in [0.15, 0.2) is 0 Å². The first kappa shape index (κ1) is 15.4. The van der Waals surface area contributed by atoms with Gasteiger partial charge in [-0.3, -0.25) is 4.79 Å². The monoisotopic (exact) mass is 298 g/mol. The third-order valence-electron chi connectivity index (χ3n) is 2.93. The molecule has 0 saturated carbocycles. The van der Waals surface area contributed by atoms with Crippen molar-refractivity contribution < 1.29 is 13.6 Å². The van der Waals surface area contributed by atoms with Crippen LogP contribution in [0.25, 0.3) is 6.08 Å². The Morgan fingerprint density at radius 2 is 1.82 bits per heavy atom. The molecule has 0 bridgehead atoms. The molecular weight excluding hydrogens is 286 g/mol. The summed E-state index contributed by atoms with van der Waals surface area (Å²) in [6.45, 7) is 1.85. The molecular formula is C17H12F2N2O. The minimum Gasteiger partial charge on any atom is -0.321 e. The molecule has 1 amide bonds. The summed E-state index contributed by atoms with van der Waals surface area (Å²) >= 11 is 0. The zero-order valence-electron chi connectivity index (χ0n) is 11.7. The van der Waals surface area contributed by atoms with Crippen LogP contribution in [0, 0.1) is 29.9 Å². The SMILES string of the molecule is Cc1cccc(NC(=O)/C(C#N)=C/c2c(F)cccc2F)c1. The maximum atomic E-state index is 13.6. The van der Waals surface area contributed by atoms with Gasteiger partial charge < -0.3 is 5.32 Å². The van der Waals surface area contributed by atoms with Crippen LogP contribution in [0.15, 0.2) is 48.0 Å². The highest BCUT2D eigenvalue weighted by Gasteiger charge is 2.13. The lowest BCUT2D eigenvalue weighted by Crippen LogP contribution is -2.13. The van der Waals surface area contributed by atoms with Gasteiger partial charge in [-0.15, -0.1) is 0 Å². The standard InChI is InChI=1S/C17H12F2N2O/c1-11-4-2-5-13(8-11)21-17(22)12(10-20)9-14-15(18)6-3-7-16(14)19/h2-9H,1H3,(H,21,22)/b12-9+. The van der Waals surface area contributed by atoms with E-state index in [1.54, 1.807) is 24.3 Å². The van der Waals surface area contributed by atoms with Crippen LogP contribution in [-0.2, 0) is 4.79 Å². The van der Waals surface area contributed by atoms with Gasteiger partial charge >= 0.3 is 0 Å². The lowest BCUT2D eigenvalue weighted by molar-refractivity contribution is -0.112. The number of nitrogens with zero attached hydrogens (tertiary/aromatic N) is 1. The van der Waals surface area contributed by atoms with Crippen molar-refractivity contribution in [1.29, 1.82) is 5.26 Å². The van der Waals surface area contributed by atoms with E-state index in [-0.39, 0.29) is 5.57 Å². The Bertz CT molecular complexity index is 771. The predicted molar refractivity (Wildman–Crippen MR) is 79.8 cm³/mol. The van der Waals surface area contributed by atoms with Crippen molar-refractivity contribution in [3.8, 4) is 6.07 Å². The largest absolute Gasteiger partial charge is 0.321 e. The third-order valence-corrected chi connectivity index (χ3v) is 2.93. The zero-order chi connectivity index (χ0) is 16.1. The van der Waals surface area contributed by atoms with Crippen LogP contribution in [-0.4, -0.2) is 5.91 Å². The predicted octanol–water partition coefficient (Wildman–Crippen LogP) is 3.82. The van der Waals surface area contributed by atoms with Gasteiger partial charge in [0.05, 0.1) is 0 Å². The molecule has 0 radical (unpaired) electrons. The lowest BCUT2D eigenvalue weighted by atomic mass is 10.1. The van der Waals surface area contributed by atoms with E-state index in [0.29, 0.717) is 5.69 Å². The Kier molecular flexibility index (Phi) is 4.64. The average Bonchev–Trinajstić information content (AvgIpc) is 2.47. The summed E-state index contributed by atoms with van der Waals surface area (Å²) in [6, 6.07) is 12.0. The van der Waals surface area contributed by atoms with Crippen molar-refractivity contribution in [2.24, 2.45) is 0 Å². The summed E-state index contributed by atoms with van der Waals surface area (Å²) < 4.78 is 27.1. The van der Waals surface area contributed by atoms with E-state index in [2.05, 4.69) is 5.32 Å². The van der Waals surface area contributed by atoms with E-state index >= 15 is 0 Å². The van der Waals surface area contributed by atoms with Crippen molar-refractivity contribution in [2.45, 2.75) is 6.92 Å². The molecule has 0 atom stereocenters. The van der Waals surface area contributed by atoms with E-state index in [9.17, 15) is 13.6 Å². The Morgan fingerprint density at radius 3 is 2.41 bits per heavy atom. The molecule has 0 heterocycles. The van der Waals surface area contributed by atoms with Gasteiger partial charge in [0, 0.05) is 11.3 Å². The molecule has 2 aromatic rings. The first-order chi connectivity index (χ1) is 10.5. The second-order valence-electron chi connectivity index (χ2n) is 4.63. The molecule has 0 aliphatic heterocycles. The number of nitrogens with one attached hydrogen (secondary N) is 1. The normalized spacial score (nSPS) is 10.9. The summed E-state index contributed by atoms with van der Waals surface area (Å²) in [6.07, 6.45) is 0.899. The topological polar surface area (TPSA) is 52.9 Å². The van der Waals surface area contributed by atoms with Gasteiger partial charge in [0.1, 0.15) is 23.3 Å². The number of amides is 1. The fourth-order valence-electron chi connectivity index (χ4n) is 1.86. The van der Waals surface area contributed by atoms with E-state index in [1.807, 2.05) is 13.0 Å². The highest BCUT2D eigenvalue weighted by atomic mass is 19.1. The Morgan fingerprint density at radius 1 is 1.18 bits per heavy atom. The fraction of sp³-hybridized carbons (Fsp3) is 0.0588. The molecule has 2 rings (SSSR count). The van der Waals surface area contributed by atoms with Gasteiger partial charge in [-0.1, -0.05) is 18.2 Å². The van der Waals surface area contributed by atoms with Gasteiger partial charge in [-0.2, -0.15) is 5.26 Å². The Hall–Kier alpha value is -3.00. The highest BCUT2D eigenvalue weighted by molar-refractivity contribution is 6.09. The zero-order valence-corrected chi connectivity index (χ0v) is 11.7. The van der Waals surface area contributed by atoms with Crippen molar-refractivity contribution in [2.75, 3.05) is 5.32 Å². The van der Waals surface area contributed by atoms with Crippen LogP contribution in [0.3, 0.4) is 0 Å². The van der Waals surface area contributed by atoms with Crippen LogP contribution in [0.5, 0.6) is 0 Å². The van der Waals surface area contributed by atoms with Gasteiger partial charge in [-0.05, 0) is 42.8 Å². The molecule has 3 nitrogen and oxygen atoms in total. The minimum absolute atomic E-state index is 0.384. The van der Waals surface area contributed by atoms with E-state index in [1.165, 1.54) is 6.07 Å². The summed E-state index contributed by atoms with van der Waals surface area (Å²) in [7, 11) is 0. The van der Waals surface area contributed by atoms with Crippen LogP contribution < -0.4 is 5.32 Å². The summed E-state index contributed by atoms with van der Waals surface area (Å²) in [5.74, 6) is -2.40. The number of rotatable bonds is 3. The molecule has 5 heteroatoms. The second kappa shape index (κ2) is 6.64. The molecule has 0 unspecified atom stereocenters. The van der Waals surface area contributed by atoms with Crippen LogP contribution in [0.4, 0.5) is 14.5 Å². The Balaban J connectivity index is 2.30. The van der Waals surface area contributed by atoms with Crippen LogP contribution in [0.1, 0.15) is 11.1 Å². The molecule has 1 N–H and O–H groups in total. The smallest absolute Gasteiger partial charge is 0.266 e. The summed E-state index contributed by atoms with van der Waals surface area (Å²) in [5.41, 5.74) is 0.629. The molecule has 2 aromatic carbocycles. The second-order valence-corrected chi connectivity index (χ2v) is 4.63. The number of halogens is 2.